The average molecular weight is 349 g/mol. The maximum atomic E-state index is 5.85. The molecule has 0 radical (unpaired) electrons. The van der Waals surface area contributed by atoms with E-state index in [-0.39, 0.29) is 0 Å². The van der Waals surface area contributed by atoms with Gasteiger partial charge in [0.25, 0.3) is 0 Å². The third-order valence-corrected chi connectivity index (χ3v) is 5.39. The predicted molar refractivity (Wildman–Crippen MR) is 106 cm³/mol. The second-order valence-corrected chi connectivity index (χ2v) is 7.34. The third kappa shape index (κ3) is 4.07. The summed E-state index contributed by atoms with van der Waals surface area (Å²) in [5.74, 6) is 1.47. The minimum Gasteiger partial charge on any atom is -0.378 e. The molecule has 2 aromatic rings. The highest BCUT2D eigenvalue weighted by atomic mass is 16.5. The normalized spacial score (nSPS) is 25.1. The molecule has 1 saturated carbocycles. The fourth-order valence-corrected chi connectivity index (χ4v) is 3.78. The van der Waals surface area contributed by atoms with E-state index in [4.69, 9.17) is 9.73 Å². The lowest BCUT2D eigenvalue weighted by Crippen LogP contribution is -2.58. The van der Waals surface area contributed by atoms with Gasteiger partial charge in [-0.05, 0) is 43.9 Å². The van der Waals surface area contributed by atoms with Crippen molar-refractivity contribution < 1.29 is 4.74 Å². The van der Waals surface area contributed by atoms with Crippen molar-refractivity contribution in [3.8, 4) is 0 Å². The lowest BCUT2D eigenvalue weighted by molar-refractivity contribution is -0.0989. The second kappa shape index (κ2) is 7.92. The lowest BCUT2D eigenvalue weighted by Gasteiger charge is -2.47. The van der Waals surface area contributed by atoms with E-state index in [1.807, 2.05) is 18.2 Å². The van der Waals surface area contributed by atoms with Crippen LogP contribution in [0.1, 0.15) is 30.4 Å². The van der Waals surface area contributed by atoms with Gasteiger partial charge < -0.3 is 15.4 Å². The van der Waals surface area contributed by atoms with E-state index in [1.54, 1.807) is 0 Å². The Morgan fingerprint density at radius 3 is 2.69 bits per heavy atom. The Kier molecular flexibility index (Phi) is 5.21. The predicted octanol–water partition coefficient (Wildman–Crippen LogP) is 4.12. The molecule has 3 atom stereocenters. The Balaban J connectivity index is 1.45. The molecule has 4 nitrogen and oxygen atoms in total. The summed E-state index contributed by atoms with van der Waals surface area (Å²) in [6, 6.07) is 19.2. The zero-order valence-electron chi connectivity index (χ0n) is 15.3. The first-order valence-electron chi connectivity index (χ1n) is 9.58. The van der Waals surface area contributed by atoms with Crippen LogP contribution in [0.25, 0.3) is 0 Å². The van der Waals surface area contributed by atoms with Gasteiger partial charge >= 0.3 is 0 Å². The summed E-state index contributed by atoms with van der Waals surface area (Å²) in [5, 5.41) is 7.09. The number of nitrogens with zero attached hydrogens (tertiary/aromatic N) is 1. The van der Waals surface area contributed by atoms with Gasteiger partial charge in [0.1, 0.15) is 0 Å². The van der Waals surface area contributed by atoms with E-state index in [1.165, 1.54) is 24.0 Å². The molecule has 1 aliphatic carbocycles. The van der Waals surface area contributed by atoms with E-state index in [0.717, 1.165) is 24.7 Å². The number of ether oxygens (including phenoxy) is 1. The fourth-order valence-electron chi connectivity index (χ4n) is 3.78. The quantitative estimate of drug-likeness (QED) is 0.645. The third-order valence-electron chi connectivity index (χ3n) is 5.39. The molecule has 2 aliphatic rings. The number of anilines is 1. The number of para-hydroxylation sites is 1. The molecule has 0 spiro atoms. The van der Waals surface area contributed by atoms with Crippen molar-refractivity contribution in [3.05, 3.63) is 65.7 Å². The number of hydrogen-bond acceptors (Lipinski definition) is 2. The summed E-state index contributed by atoms with van der Waals surface area (Å²) in [6.07, 6.45) is 3.93. The minimum atomic E-state index is 0.441. The number of fused-ring (bicyclic) bond motifs is 1. The summed E-state index contributed by atoms with van der Waals surface area (Å²) >= 11 is 0. The molecule has 4 heteroatoms. The van der Waals surface area contributed by atoms with Crippen LogP contribution in [0, 0.1) is 12.8 Å². The van der Waals surface area contributed by atoms with Crippen molar-refractivity contribution in [2.75, 3.05) is 11.9 Å². The second-order valence-electron chi connectivity index (χ2n) is 7.34. The highest BCUT2D eigenvalue weighted by molar-refractivity contribution is 5.93. The first kappa shape index (κ1) is 17.1. The number of rotatable bonds is 4. The Morgan fingerprint density at radius 2 is 1.92 bits per heavy atom. The van der Waals surface area contributed by atoms with Crippen LogP contribution in [0.15, 0.2) is 59.6 Å². The first-order valence-corrected chi connectivity index (χ1v) is 9.58. The Morgan fingerprint density at radius 1 is 1.12 bits per heavy atom. The van der Waals surface area contributed by atoms with Crippen LogP contribution < -0.4 is 10.6 Å². The van der Waals surface area contributed by atoms with Crippen molar-refractivity contribution >= 4 is 11.6 Å². The smallest absolute Gasteiger partial charge is 0.196 e. The van der Waals surface area contributed by atoms with E-state index in [0.29, 0.717) is 24.6 Å². The number of benzene rings is 2. The largest absolute Gasteiger partial charge is 0.378 e. The molecule has 2 aromatic carbocycles. The highest BCUT2D eigenvalue weighted by Crippen LogP contribution is 2.37. The molecule has 2 fully saturated rings. The molecule has 3 unspecified atom stereocenters. The van der Waals surface area contributed by atoms with Gasteiger partial charge in [-0.15, -0.1) is 0 Å². The van der Waals surface area contributed by atoms with Crippen LogP contribution in [0.5, 0.6) is 0 Å². The van der Waals surface area contributed by atoms with E-state index in [2.05, 4.69) is 54.0 Å². The van der Waals surface area contributed by atoms with Crippen LogP contribution >= 0.6 is 0 Å². The Hall–Kier alpha value is -2.33. The molecule has 4 rings (SSSR count). The van der Waals surface area contributed by atoms with Gasteiger partial charge in [-0.3, -0.25) is 0 Å². The molecule has 26 heavy (non-hydrogen) atoms. The number of aliphatic imine (C=N–C) groups is 1. The summed E-state index contributed by atoms with van der Waals surface area (Å²) in [6.45, 7) is 3.69. The standard InChI is InChI=1S/C22H27N3O/c1-16-9-11-17(12-10-16)15-23-22(24-18-6-3-2-4-7-18)25-20-14-21-19(20)8-5-13-26-21/h2-4,6-7,9-12,19-21H,5,8,13-15H2,1H3,(H2,23,24,25). The van der Waals surface area contributed by atoms with Crippen molar-refractivity contribution in [1.82, 2.24) is 5.32 Å². The topological polar surface area (TPSA) is 45.7 Å². The van der Waals surface area contributed by atoms with Crippen molar-refractivity contribution in [2.45, 2.75) is 44.9 Å². The van der Waals surface area contributed by atoms with Crippen molar-refractivity contribution in [3.63, 3.8) is 0 Å². The molecule has 0 amide bonds. The first-order chi connectivity index (χ1) is 12.8. The highest BCUT2D eigenvalue weighted by Gasteiger charge is 2.43. The molecule has 2 N–H and O–H groups in total. The monoisotopic (exact) mass is 349 g/mol. The molecular weight excluding hydrogens is 322 g/mol. The van der Waals surface area contributed by atoms with E-state index < -0.39 is 0 Å². The maximum Gasteiger partial charge on any atom is 0.196 e. The van der Waals surface area contributed by atoms with Gasteiger partial charge in [-0.2, -0.15) is 0 Å². The average Bonchev–Trinajstić information content (AvgIpc) is 2.66. The molecule has 0 bridgehead atoms. The summed E-state index contributed by atoms with van der Waals surface area (Å²) < 4.78 is 5.85. The lowest BCUT2D eigenvalue weighted by atomic mass is 9.72. The molecule has 1 aliphatic heterocycles. The molecular formula is C22H27N3O. The SMILES string of the molecule is Cc1ccc(CN=C(Nc2ccccc2)NC2CC3OCCCC23)cc1. The van der Waals surface area contributed by atoms with Crippen LogP contribution in [0.4, 0.5) is 5.69 Å². The zero-order valence-corrected chi connectivity index (χ0v) is 15.3. The van der Waals surface area contributed by atoms with Gasteiger partial charge in [-0.25, -0.2) is 4.99 Å². The van der Waals surface area contributed by atoms with Crippen LogP contribution in [0.3, 0.4) is 0 Å². The number of aryl methyl sites for hydroxylation is 1. The number of guanidine groups is 1. The summed E-state index contributed by atoms with van der Waals surface area (Å²) in [4.78, 5) is 4.83. The van der Waals surface area contributed by atoms with E-state index in [9.17, 15) is 0 Å². The van der Waals surface area contributed by atoms with Crippen LogP contribution in [0.2, 0.25) is 0 Å². The minimum absolute atomic E-state index is 0.441. The molecule has 136 valence electrons. The summed E-state index contributed by atoms with van der Waals surface area (Å²) in [5.41, 5.74) is 3.55. The number of nitrogens with one attached hydrogen (secondary N) is 2. The molecule has 1 heterocycles. The van der Waals surface area contributed by atoms with Gasteiger partial charge in [0.05, 0.1) is 12.6 Å². The van der Waals surface area contributed by atoms with Gasteiger partial charge in [-0.1, -0.05) is 48.0 Å². The van der Waals surface area contributed by atoms with Crippen molar-refractivity contribution in [2.24, 2.45) is 10.9 Å². The maximum absolute atomic E-state index is 5.85. The van der Waals surface area contributed by atoms with Gasteiger partial charge in [0, 0.05) is 24.3 Å². The molecule has 0 aromatic heterocycles. The van der Waals surface area contributed by atoms with Gasteiger partial charge in [0.2, 0.25) is 0 Å². The van der Waals surface area contributed by atoms with Gasteiger partial charge in [0.15, 0.2) is 5.96 Å². The van der Waals surface area contributed by atoms with Crippen LogP contribution in [-0.4, -0.2) is 24.7 Å². The Bertz CT molecular complexity index is 742. The summed E-state index contributed by atoms with van der Waals surface area (Å²) in [7, 11) is 0. The van der Waals surface area contributed by atoms with E-state index >= 15 is 0 Å². The van der Waals surface area contributed by atoms with Crippen molar-refractivity contribution in [1.29, 1.82) is 0 Å². The molecule has 1 saturated heterocycles. The van der Waals surface area contributed by atoms with Crippen LogP contribution in [-0.2, 0) is 11.3 Å². The zero-order chi connectivity index (χ0) is 17.8. The Labute approximate surface area is 155 Å². The number of hydrogen-bond donors (Lipinski definition) is 2. The fraction of sp³-hybridized carbons (Fsp3) is 0.409.